The van der Waals surface area contributed by atoms with Gasteiger partial charge in [-0.2, -0.15) is 16.9 Å². The smallest absolute Gasteiger partial charge is 0.314 e. The molecule has 1 aromatic heterocycles. The number of benzene rings is 1. The highest BCUT2D eigenvalue weighted by Gasteiger charge is 2.29. The average Bonchev–Trinajstić information content (AvgIpc) is 3.32. The van der Waals surface area contributed by atoms with E-state index < -0.39 is 11.8 Å². The second-order valence-electron chi connectivity index (χ2n) is 7.67. The number of anilines is 1. The number of rotatable bonds is 4. The maximum atomic E-state index is 12.7. The van der Waals surface area contributed by atoms with Gasteiger partial charge in [-0.25, -0.2) is 4.68 Å². The van der Waals surface area contributed by atoms with Gasteiger partial charge < -0.3 is 15.4 Å². The van der Waals surface area contributed by atoms with Crippen molar-refractivity contribution < 1.29 is 14.3 Å². The molecule has 0 radical (unpaired) electrons. The Morgan fingerprint density at radius 3 is 2.62 bits per heavy atom. The molecule has 1 aliphatic heterocycles. The van der Waals surface area contributed by atoms with Crippen molar-refractivity contribution >= 4 is 29.4 Å². The van der Waals surface area contributed by atoms with E-state index in [4.69, 9.17) is 4.74 Å². The number of carbonyl (C=O) groups is 2. The molecular formula is C21H26N4O3S. The molecule has 8 heteroatoms. The molecule has 7 nitrogen and oxygen atoms in total. The summed E-state index contributed by atoms with van der Waals surface area (Å²) in [5, 5.41) is 10.4. The van der Waals surface area contributed by atoms with Crippen LogP contribution in [0.3, 0.4) is 0 Å². The maximum Gasteiger partial charge on any atom is 0.314 e. The second kappa shape index (κ2) is 8.49. The number of aromatic nitrogens is 2. The minimum atomic E-state index is -0.642. The molecule has 2 N–H and O–H groups in total. The molecular weight excluding hydrogens is 388 g/mol. The number of methoxy groups -OCH3 is 1. The molecule has 2 heterocycles. The maximum absolute atomic E-state index is 12.7. The Morgan fingerprint density at radius 1 is 1.14 bits per heavy atom. The van der Waals surface area contributed by atoms with E-state index in [0.717, 1.165) is 53.5 Å². The fraction of sp³-hybridized carbons (Fsp3) is 0.476. The van der Waals surface area contributed by atoms with Crippen molar-refractivity contribution in [1.82, 2.24) is 15.1 Å². The van der Waals surface area contributed by atoms with Gasteiger partial charge in [0.05, 0.1) is 18.5 Å². The fourth-order valence-corrected chi connectivity index (χ4v) is 5.02. The first-order valence-electron chi connectivity index (χ1n) is 10.0. The monoisotopic (exact) mass is 414 g/mol. The highest BCUT2D eigenvalue weighted by molar-refractivity contribution is 7.98. The summed E-state index contributed by atoms with van der Waals surface area (Å²) in [5.41, 5.74) is 2.74. The van der Waals surface area contributed by atoms with Crippen LogP contribution in [0.5, 0.6) is 5.75 Å². The number of amides is 2. The lowest BCUT2D eigenvalue weighted by Gasteiger charge is -2.29. The average molecular weight is 415 g/mol. The Hall–Kier alpha value is -2.48. The van der Waals surface area contributed by atoms with Crippen molar-refractivity contribution in [2.75, 3.05) is 12.4 Å². The first-order valence-corrected chi connectivity index (χ1v) is 11.2. The summed E-state index contributed by atoms with van der Waals surface area (Å²) in [6, 6.07) is 7.52. The van der Waals surface area contributed by atoms with Crippen LogP contribution in [0.4, 0.5) is 5.82 Å². The van der Waals surface area contributed by atoms with E-state index in [9.17, 15) is 9.59 Å². The van der Waals surface area contributed by atoms with E-state index in [1.54, 1.807) is 23.6 Å². The Morgan fingerprint density at radius 2 is 1.90 bits per heavy atom. The van der Waals surface area contributed by atoms with Crippen molar-refractivity contribution in [3.05, 3.63) is 35.5 Å². The lowest BCUT2D eigenvalue weighted by molar-refractivity contribution is -0.137. The van der Waals surface area contributed by atoms with Crippen LogP contribution in [-0.4, -0.2) is 34.7 Å². The number of hydrogen-bond acceptors (Lipinski definition) is 5. The predicted octanol–water partition coefficient (Wildman–Crippen LogP) is 3.26. The molecule has 0 unspecified atom stereocenters. The van der Waals surface area contributed by atoms with Crippen molar-refractivity contribution in [1.29, 1.82) is 0 Å². The normalized spacial score (nSPS) is 20.8. The van der Waals surface area contributed by atoms with E-state index >= 15 is 0 Å². The molecule has 1 fully saturated rings. The molecule has 0 spiro atoms. The second-order valence-corrected chi connectivity index (χ2v) is 8.66. The summed E-state index contributed by atoms with van der Waals surface area (Å²) >= 11 is 1.75. The van der Waals surface area contributed by atoms with Gasteiger partial charge in [0.1, 0.15) is 11.6 Å². The van der Waals surface area contributed by atoms with Gasteiger partial charge in [-0.3, -0.25) is 9.59 Å². The van der Waals surface area contributed by atoms with Gasteiger partial charge in [-0.15, -0.1) is 0 Å². The number of carbonyl (C=O) groups excluding carboxylic acids is 2. The largest absolute Gasteiger partial charge is 0.497 e. The number of hydrogen-bond donors (Lipinski definition) is 2. The molecule has 1 saturated carbocycles. The first-order chi connectivity index (χ1) is 14.1. The summed E-state index contributed by atoms with van der Waals surface area (Å²) in [6.07, 6.45) is 4.29. The minimum Gasteiger partial charge on any atom is -0.497 e. The SMILES string of the molecule is COc1ccc(-n2nc3c(c2NC(=O)C(=O)N[C@@H]2CCCC[C@@H]2C)CSC3)cc1. The lowest BCUT2D eigenvalue weighted by atomic mass is 9.86. The Balaban J connectivity index is 1.54. The van der Waals surface area contributed by atoms with Crippen LogP contribution in [0.1, 0.15) is 43.9 Å². The van der Waals surface area contributed by atoms with Crippen molar-refractivity contribution in [2.45, 2.75) is 50.2 Å². The quantitative estimate of drug-likeness (QED) is 0.750. The Bertz CT molecular complexity index is 909. The van der Waals surface area contributed by atoms with Crippen molar-refractivity contribution in [2.24, 2.45) is 5.92 Å². The van der Waals surface area contributed by atoms with Crippen LogP contribution in [0.25, 0.3) is 5.69 Å². The molecule has 2 aromatic rings. The third-order valence-electron chi connectivity index (χ3n) is 5.74. The van der Waals surface area contributed by atoms with E-state index in [1.807, 2.05) is 24.3 Å². The Labute approximate surface area is 174 Å². The van der Waals surface area contributed by atoms with Crippen molar-refractivity contribution in [3.8, 4) is 11.4 Å². The minimum absolute atomic E-state index is 0.0646. The van der Waals surface area contributed by atoms with Crippen LogP contribution in [0.15, 0.2) is 24.3 Å². The van der Waals surface area contributed by atoms with Gasteiger partial charge in [-0.05, 0) is 43.0 Å². The summed E-state index contributed by atoms with van der Waals surface area (Å²) in [7, 11) is 1.62. The topological polar surface area (TPSA) is 85.2 Å². The van der Waals surface area contributed by atoms with Crippen molar-refractivity contribution in [3.63, 3.8) is 0 Å². The first kappa shape index (κ1) is 19.8. The third kappa shape index (κ3) is 4.12. The standard InChI is InChI=1S/C21H26N4O3S/c1-13-5-3-4-6-17(13)22-20(26)21(27)23-19-16-11-29-12-18(16)24-25(19)14-7-9-15(28-2)10-8-14/h7-10,13,17H,3-6,11-12H2,1-2H3,(H,22,26)(H,23,27)/t13-,17+/m0/s1. The van der Waals surface area contributed by atoms with Gasteiger partial charge in [0.15, 0.2) is 0 Å². The van der Waals surface area contributed by atoms with Crippen LogP contribution < -0.4 is 15.4 Å². The van der Waals surface area contributed by atoms with Gasteiger partial charge in [0.2, 0.25) is 0 Å². The van der Waals surface area contributed by atoms with E-state index in [1.165, 1.54) is 6.42 Å². The summed E-state index contributed by atoms with van der Waals surface area (Å²) in [4.78, 5) is 25.2. The molecule has 1 aliphatic carbocycles. The van der Waals surface area contributed by atoms with Crippen LogP contribution in [0, 0.1) is 5.92 Å². The molecule has 0 saturated heterocycles. The molecule has 2 amide bonds. The molecule has 0 bridgehead atoms. The molecule has 29 heavy (non-hydrogen) atoms. The predicted molar refractivity (Wildman–Crippen MR) is 113 cm³/mol. The number of nitrogens with one attached hydrogen (secondary N) is 2. The van der Waals surface area contributed by atoms with E-state index in [2.05, 4.69) is 22.7 Å². The number of nitrogens with zero attached hydrogens (tertiary/aromatic N) is 2. The molecule has 4 rings (SSSR count). The van der Waals surface area contributed by atoms with Gasteiger partial charge in [-0.1, -0.05) is 19.8 Å². The van der Waals surface area contributed by atoms with E-state index in [0.29, 0.717) is 11.7 Å². The fourth-order valence-electron chi connectivity index (χ4n) is 3.98. The number of thioether (sulfide) groups is 1. The summed E-state index contributed by atoms with van der Waals surface area (Å²) in [6.45, 7) is 2.13. The lowest BCUT2D eigenvalue weighted by Crippen LogP contribution is -2.46. The zero-order valence-electron chi connectivity index (χ0n) is 16.7. The molecule has 154 valence electrons. The molecule has 2 aliphatic rings. The molecule has 1 aromatic carbocycles. The van der Waals surface area contributed by atoms with Gasteiger partial charge >= 0.3 is 11.8 Å². The van der Waals surface area contributed by atoms with Crippen LogP contribution in [-0.2, 0) is 21.1 Å². The van der Waals surface area contributed by atoms with E-state index in [-0.39, 0.29) is 6.04 Å². The summed E-state index contributed by atoms with van der Waals surface area (Å²) in [5.74, 6) is 2.06. The Kier molecular flexibility index (Phi) is 5.80. The van der Waals surface area contributed by atoms with Crippen LogP contribution in [0.2, 0.25) is 0 Å². The highest BCUT2D eigenvalue weighted by Crippen LogP contribution is 2.36. The zero-order chi connectivity index (χ0) is 20.4. The van der Waals surface area contributed by atoms with Gasteiger partial charge in [0.25, 0.3) is 0 Å². The number of fused-ring (bicyclic) bond motifs is 1. The van der Waals surface area contributed by atoms with Gasteiger partial charge in [0, 0.05) is 23.1 Å². The highest BCUT2D eigenvalue weighted by atomic mass is 32.2. The van der Waals surface area contributed by atoms with Crippen LogP contribution >= 0.6 is 11.8 Å². The third-order valence-corrected chi connectivity index (χ3v) is 6.71. The summed E-state index contributed by atoms with van der Waals surface area (Å²) < 4.78 is 6.92. The molecule has 2 atom stereocenters. The zero-order valence-corrected chi connectivity index (χ0v) is 17.6. The number of ether oxygens (including phenoxy) is 1.